The molecule has 0 saturated carbocycles. The molecule has 2 nitrogen and oxygen atoms in total. The minimum atomic E-state index is 0.0470. The Kier molecular flexibility index (Phi) is 4.00. The van der Waals surface area contributed by atoms with Gasteiger partial charge < -0.3 is 4.74 Å². The van der Waals surface area contributed by atoms with Gasteiger partial charge in [0.15, 0.2) is 5.78 Å². The Labute approximate surface area is 111 Å². The highest BCUT2D eigenvalue weighted by Crippen LogP contribution is 2.16. The van der Waals surface area contributed by atoms with Crippen molar-refractivity contribution in [3.05, 3.63) is 64.7 Å². The lowest BCUT2D eigenvalue weighted by molar-refractivity contribution is 0.0993. The number of ketones is 1. The molecule has 3 heteroatoms. The molecule has 0 heterocycles. The summed E-state index contributed by atoms with van der Waals surface area (Å²) in [6.07, 6.45) is 0.345. The van der Waals surface area contributed by atoms with Gasteiger partial charge in [-0.15, -0.1) is 0 Å². The second kappa shape index (κ2) is 5.69. The number of ether oxygens (including phenoxy) is 1. The molecule has 0 spiro atoms. The van der Waals surface area contributed by atoms with Gasteiger partial charge in [-0.3, -0.25) is 4.79 Å². The molecule has 2 aromatic carbocycles. The molecule has 0 fully saturated rings. The van der Waals surface area contributed by atoms with E-state index in [2.05, 4.69) is 0 Å². The first-order chi connectivity index (χ1) is 8.69. The van der Waals surface area contributed by atoms with E-state index >= 15 is 0 Å². The molecule has 0 unspecified atom stereocenters. The Morgan fingerprint density at radius 2 is 1.94 bits per heavy atom. The highest BCUT2D eigenvalue weighted by atomic mass is 35.5. The number of carbonyl (C=O) groups is 1. The Balaban J connectivity index is 2.16. The van der Waals surface area contributed by atoms with E-state index in [1.54, 1.807) is 31.4 Å². The molecule has 0 aromatic heterocycles. The zero-order valence-corrected chi connectivity index (χ0v) is 10.8. The fraction of sp³-hybridized carbons (Fsp3) is 0.133. The number of hydrogen-bond acceptors (Lipinski definition) is 2. The minimum Gasteiger partial charge on any atom is -0.497 e. The summed E-state index contributed by atoms with van der Waals surface area (Å²) in [6.45, 7) is 0. The molecule has 92 valence electrons. The first-order valence-corrected chi connectivity index (χ1v) is 5.98. The number of hydrogen-bond donors (Lipinski definition) is 0. The van der Waals surface area contributed by atoms with Crippen molar-refractivity contribution in [3.8, 4) is 5.75 Å². The summed E-state index contributed by atoms with van der Waals surface area (Å²) in [5.74, 6) is 0.803. The van der Waals surface area contributed by atoms with E-state index in [1.807, 2.05) is 24.3 Å². The van der Waals surface area contributed by atoms with E-state index in [0.29, 0.717) is 17.0 Å². The van der Waals surface area contributed by atoms with Crippen LogP contribution in [0.15, 0.2) is 48.5 Å². The van der Waals surface area contributed by atoms with Crippen LogP contribution in [0.25, 0.3) is 0 Å². The van der Waals surface area contributed by atoms with Crippen LogP contribution in [0.2, 0.25) is 5.02 Å². The number of benzene rings is 2. The van der Waals surface area contributed by atoms with Crippen LogP contribution in [-0.4, -0.2) is 12.9 Å². The topological polar surface area (TPSA) is 26.3 Å². The molecule has 0 amide bonds. The van der Waals surface area contributed by atoms with E-state index in [9.17, 15) is 4.79 Å². The van der Waals surface area contributed by atoms with Crippen molar-refractivity contribution < 1.29 is 9.53 Å². The lowest BCUT2D eigenvalue weighted by Crippen LogP contribution is -2.03. The number of carbonyl (C=O) groups excluding carboxylic acids is 1. The van der Waals surface area contributed by atoms with Crippen molar-refractivity contribution >= 4 is 17.4 Å². The van der Waals surface area contributed by atoms with Gasteiger partial charge >= 0.3 is 0 Å². The third-order valence-corrected chi connectivity index (χ3v) is 2.88. The van der Waals surface area contributed by atoms with Crippen LogP contribution < -0.4 is 4.74 Å². The maximum atomic E-state index is 12.1. The molecule has 0 atom stereocenters. The Morgan fingerprint density at radius 3 is 2.67 bits per heavy atom. The van der Waals surface area contributed by atoms with Gasteiger partial charge in [0, 0.05) is 17.0 Å². The van der Waals surface area contributed by atoms with Gasteiger partial charge in [0.2, 0.25) is 0 Å². The van der Waals surface area contributed by atoms with Gasteiger partial charge in [-0.05, 0) is 29.8 Å². The van der Waals surface area contributed by atoms with Gasteiger partial charge in [0.25, 0.3) is 0 Å². The molecule has 2 rings (SSSR count). The molecule has 0 N–H and O–H groups in total. The zero-order chi connectivity index (χ0) is 13.0. The van der Waals surface area contributed by atoms with E-state index in [0.717, 1.165) is 11.3 Å². The predicted octanol–water partition coefficient (Wildman–Crippen LogP) is 3.77. The molecule has 0 saturated heterocycles. The third-order valence-electron chi connectivity index (χ3n) is 2.65. The quantitative estimate of drug-likeness (QED) is 0.782. The fourth-order valence-electron chi connectivity index (χ4n) is 1.73. The summed E-state index contributed by atoms with van der Waals surface area (Å²) in [7, 11) is 1.61. The van der Waals surface area contributed by atoms with Crippen molar-refractivity contribution in [1.82, 2.24) is 0 Å². The largest absolute Gasteiger partial charge is 0.497 e. The van der Waals surface area contributed by atoms with E-state index in [-0.39, 0.29) is 5.78 Å². The van der Waals surface area contributed by atoms with Crippen molar-refractivity contribution in [3.63, 3.8) is 0 Å². The molecule has 0 bridgehead atoms. The van der Waals surface area contributed by atoms with Crippen molar-refractivity contribution in [1.29, 1.82) is 0 Å². The summed E-state index contributed by atoms with van der Waals surface area (Å²) < 4.78 is 5.13. The molecule has 18 heavy (non-hydrogen) atoms. The number of rotatable bonds is 4. The summed E-state index contributed by atoms with van der Waals surface area (Å²) in [5, 5.41) is 0.575. The predicted molar refractivity (Wildman–Crippen MR) is 72.5 cm³/mol. The van der Waals surface area contributed by atoms with Crippen LogP contribution in [0.3, 0.4) is 0 Å². The van der Waals surface area contributed by atoms with Crippen LogP contribution >= 0.6 is 11.6 Å². The second-order valence-electron chi connectivity index (χ2n) is 3.96. The molecule has 2 aromatic rings. The van der Waals surface area contributed by atoms with Crippen LogP contribution in [0.1, 0.15) is 15.9 Å². The summed E-state index contributed by atoms with van der Waals surface area (Å²) in [5.41, 5.74) is 1.56. The summed E-state index contributed by atoms with van der Waals surface area (Å²) in [6, 6.07) is 14.5. The number of halogens is 1. The van der Waals surface area contributed by atoms with Crippen LogP contribution in [-0.2, 0) is 6.42 Å². The van der Waals surface area contributed by atoms with E-state index in [1.165, 1.54) is 0 Å². The average Bonchev–Trinajstić information content (AvgIpc) is 2.39. The van der Waals surface area contributed by atoms with E-state index < -0.39 is 0 Å². The highest BCUT2D eigenvalue weighted by molar-refractivity contribution is 6.31. The minimum absolute atomic E-state index is 0.0470. The van der Waals surface area contributed by atoms with Gasteiger partial charge in [-0.25, -0.2) is 0 Å². The molecular weight excluding hydrogens is 248 g/mol. The van der Waals surface area contributed by atoms with Crippen molar-refractivity contribution in [2.75, 3.05) is 7.11 Å². The van der Waals surface area contributed by atoms with Crippen molar-refractivity contribution in [2.24, 2.45) is 0 Å². The number of Topliss-reactive ketones (excluding diaryl/α,β-unsaturated/α-hetero) is 1. The van der Waals surface area contributed by atoms with Crippen LogP contribution in [0.5, 0.6) is 5.75 Å². The smallest absolute Gasteiger partial charge is 0.167 e. The van der Waals surface area contributed by atoms with Gasteiger partial charge in [-0.2, -0.15) is 0 Å². The summed E-state index contributed by atoms with van der Waals surface area (Å²) >= 11 is 5.87. The van der Waals surface area contributed by atoms with E-state index in [4.69, 9.17) is 16.3 Å². The lowest BCUT2D eigenvalue weighted by Gasteiger charge is -2.04. The first kappa shape index (κ1) is 12.7. The Morgan fingerprint density at radius 1 is 1.17 bits per heavy atom. The Bertz CT molecular complexity index is 564. The highest BCUT2D eigenvalue weighted by Gasteiger charge is 2.08. The molecular formula is C15H13ClO2. The fourth-order valence-corrected chi connectivity index (χ4v) is 1.92. The van der Waals surface area contributed by atoms with Gasteiger partial charge in [0.05, 0.1) is 7.11 Å². The monoisotopic (exact) mass is 260 g/mol. The Hall–Kier alpha value is -1.80. The molecule has 0 aliphatic heterocycles. The summed E-state index contributed by atoms with van der Waals surface area (Å²) in [4.78, 5) is 12.1. The van der Waals surface area contributed by atoms with Crippen LogP contribution in [0.4, 0.5) is 0 Å². The average molecular weight is 261 g/mol. The third kappa shape index (κ3) is 3.11. The van der Waals surface area contributed by atoms with Crippen molar-refractivity contribution in [2.45, 2.75) is 6.42 Å². The van der Waals surface area contributed by atoms with Gasteiger partial charge in [0.1, 0.15) is 5.75 Å². The molecule has 0 radical (unpaired) electrons. The first-order valence-electron chi connectivity index (χ1n) is 5.61. The molecule has 0 aliphatic rings. The number of methoxy groups -OCH3 is 1. The maximum Gasteiger partial charge on any atom is 0.167 e. The molecule has 0 aliphatic carbocycles. The standard InChI is InChI=1S/C15H13ClO2/c1-18-14-7-2-4-11(8-14)9-15(17)12-5-3-6-13(16)10-12/h2-8,10H,9H2,1H3. The normalized spacial score (nSPS) is 10.1. The lowest BCUT2D eigenvalue weighted by atomic mass is 10.0. The zero-order valence-electron chi connectivity index (χ0n) is 10.0. The maximum absolute atomic E-state index is 12.1. The van der Waals surface area contributed by atoms with Crippen LogP contribution in [0, 0.1) is 0 Å². The second-order valence-corrected chi connectivity index (χ2v) is 4.40. The SMILES string of the molecule is COc1cccc(CC(=O)c2cccc(Cl)c2)c1. The van der Waals surface area contributed by atoms with Gasteiger partial charge in [-0.1, -0.05) is 35.9 Å².